The summed E-state index contributed by atoms with van der Waals surface area (Å²) in [5, 5.41) is 13.8. The lowest BCUT2D eigenvalue weighted by molar-refractivity contribution is 0.141. The summed E-state index contributed by atoms with van der Waals surface area (Å²) in [6.07, 6.45) is 0.473. The van der Waals surface area contributed by atoms with E-state index < -0.39 is 6.10 Å². The zero-order valence-electron chi connectivity index (χ0n) is 10.2. The van der Waals surface area contributed by atoms with Gasteiger partial charge < -0.3 is 15.2 Å². The quantitative estimate of drug-likeness (QED) is 0.703. The number of hydrogen-bond acceptors (Lipinski definition) is 3. The molecule has 3 nitrogen and oxygen atoms in total. The first kappa shape index (κ1) is 14.5. The van der Waals surface area contributed by atoms with Crippen LogP contribution in [-0.2, 0) is 4.74 Å². The van der Waals surface area contributed by atoms with Gasteiger partial charge in [-0.1, -0.05) is 23.7 Å². The molecule has 4 heteroatoms. The number of rotatable bonds is 8. The molecule has 0 spiro atoms. The summed E-state index contributed by atoms with van der Waals surface area (Å²) >= 11 is 5.78. The minimum atomic E-state index is -0.487. The number of nitrogens with one attached hydrogen (secondary N) is 1. The van der Waals surface area contributed by atoms with Crippen LogP contribution in [0.2, 0.25) is 5.02 Å². The maximum absolute atomic E-state index is 9.88. The van der Waals surface area contributed by atoms with E-state index in [0.29, 0.717) is 11.6 Å². The van der Waals surface area contributed by atoms with Crippen LogP contribution in [0, 0.1) is 0 Å². The molecule has 0 saturated heterocycles. The second-order valence-electron chi connectivity index (χ2n) is 3.82. The van der Waals surface area contributed by atoms with E-state index in [1.807, 2.05) is 19.1 Å². The van der Waals surface area contributed by atoms with E-state index in [0.717, 1.165) is 31.7 Å². The molecule has 0 heterocycles. The van der Waals surface area contributed by atoms with Crippen LogP contribution in [0.25, 0.3) is 0 Å². The van der Waals surface area contributed by atoms with Crippen molar-refractivity contribution in [2.24, 2.45) is 0 Å². The van der Waals surface area contributed by atoms with Crippen molar-refractivity contribution in [1.29, 1.82) is 0 Å². The standard InChI is InChI=1S/C13H20ClNO2/c1-2-17-9-3-8-15-10-13(16)11-4-6-12(14)7-5-11/h4-7,13,15-16H,2-3,8-10H2,1H3. The highest BCUT2D eigenvalue weighted by Crippen LogP contribution is 2.15. The molecule has 96 valence electrons. The topological polar surface area (TPSA) is 41.5 Å². The number of aliphatic hydroxyl groups excluding tert-OH is 1. The van der Waals surface area contributed by atoms with Gasteiger partial charge in [0.2, 0.25) is 0 Å². The number of halogens is 1. The first-order valence-corrected chi connectivity index (χ1v) is 6.34. The molecule has 0 fully saturated rings. The van der Waals surface area contributed by atoms with Crippen molar-refractivity contribution in [3.8, 4) is 0 Å². The van der Waals surface area contributed by atoms with Crippen LogP contribution in [0.15, 0.2) is 24.3 Å². The fourth-order valence-corrected chi connectivity index (χ4v) is 1.61. The van der Waals surface area contributed by atoms with Crippen LogP contribution in [0.4, 0.5) is 0 Å². The van der Waals surface area contributed by atoms with Gasteiger partial charge in [0.1, 0.15) is 0 Å². The summed E-state index contributed by atoms with van der Waals surface area (Å²) in [6, 6.07) is 7.26. The Balaban J connectivity index is 2.16. The van der Waals surface area contributed by atoms with Crippen LogP contribution in [0.5, 0.6) is 0 Å². The Morgan fingerprint density at radius 1 is 1.35 bits per heavy atom. The SMILES string of the molecule is CCOCCCNCC(O)c1ccc(Cl)cc1. The molecular weight excluding hydrogens is 238 g/mol. The zero-order valence-corrected chi connectivity index (χ0v) is 10.9. The van der Waals surface area contributed by atoms with Crippen molar-refractivity contribution in [2.45, 2.75) is 19.4 Å². The summed E-state index contributed by atoms with van der Waals surface area (Å²) in [6.45, 7) is 4.91. The minimum Gasteiger partial charge on any atom is -0.387 e. The van der Waals surface area contributed by atoms with Gasteiger partial charge in [-0.2, -0.15) is 0 Å². The van der Waals surface area contributed by atoms with Crippen molar-refractivity contribution in [3.05, 3.63) is 34.9 Å². The van der Waals surface area contributed by atoms with E-state index in [4.69, 9.17) is 16.3 Å². The van der Waals surface area contributed by atoms with E-state index >= 15 is 0 Å². The first-order chi connectivity index (χ1) is 8.24. The molecule has 1 aromatic rings. The lowest BCUT2D eigenvalue weighted by Crippen LogP contribution is -2.23. The summed E-state index contributed by atoms with van der Waals surface area (Å²) in [7, 11) is 0. The highest BCUT2D eigenvalue weighted by molar-refractivity contribution is 6.30. The van der Waals surface area contributed by atoms with Crippen molar-refractivity contribution in [1.82, 2.24) is 5.32 Å². The Kier molecular flexibility index (Phi) is 7.21. The molecule has 0 aliphatic carbocycles. The predicted molar refractivity (Wildman–Crippen MR) is 70.4 cm³/mol. The van der Waals surface area contributed by atoms with Crippen LogP contribution >= 0.6 is 11.6 Å². The summed E-state index contributed by atoms with van der Waals surface area (Å²) in [5.74, 6) is 0. The van der Waals surface area contributed by atoms with E-state index in [-0.39, 0.29) is 0 Å². The molecule has 0 aliphatic rings. The lowest BCUT2D eigenvalue weighted by Gasteiger charge is -2.12. The first-order valence-electron chi connectivity index (χ1n) is 5.96. The van der Waals surface area contributed by atoms with Crippen molar-refractivity contribution < 1.29 is 9.84 Å². The van der Waals surface area contributed by atoms with E-state index in [1.165, 1.54) is 0 Å². The Labute approximate surface area is 108 Å². The molecular formula is C13H20ClNO2. The maximum atomic E-state index is 9.88. The van der Waals surface area contributed by atoms with E-state index in [2.05, 4.69) is 5.32 Å². The molecule has 0 aliphatic heterocycles. The van der Waals surface area contributed by atoms with Crippen molar-refractivity contribution >= 4 is 11.6 Å². The zero-order chi connectivity index (χ0) is 12.5. The third-order valence-corrected chi connectivity index (χ3v) is 2.69. The Bertz CT molecular complexity index is 303. The van der Waals surface area contributed by atoms with Gasteiger partial charge >= 0.3 is 0 Å². The Morgan fingerprint density at radius 3 is 2.71 bits per heavy atom. The molecule has 1 unspecified atom stereocenters. The molecule has 0 aromatic heterocycles. The third kappa shape index (κ3) is 6.03. The van der Waals surface area contributed by atoms with E-state index in [9.17, 15) is 5.11 Å². The number of aliphatic hydroxyl groups is 1. The molecule has 0 saturated carbocycles. The van der Waals surface area contributed by atoms with Crippen LogP contribution < -0.4 is 5.32 Å². The molecule has 1 rings (SSSR count). The third-order valence-electron chi connectivity index (χ3n) is 2.44. The fourth-order valence-electron chi connectivity index (χ4n) is 1.49. The van der Waals surface area contributed by atoms with Gasteiger partial charge in [-0.15, -0.1) is 0 Å². The predicted octanol–water partition coefficient (Wildman–Crippen LogP) is 2.39. The molecule has 1 aromatic carbocycles. The molecule has 2 N–H and O–H groups in total. The molecule has 17 heavy (non-hydrogen) atoms. The highest BCUT2D eigenvalue weighted by atomic mass is 35.5. The van der Waals surface area contributed by atoms with Gasteiger partial charge in [-0.05, 0) is 37.6 Å². The lowest BCUT2D eigenvalue weighted by atomic mass is 10.1. The molecule has 0 radical (unpaired) electrons. The molecule has 1 atom stereocenters. The summed E-state index contributed by atoms with van der Waals surface area (Å²) < 4.78 is 5.22. The maximum Gasteiger partial charge on any atom is 0.0914 e. The van der Waals surface area contributed by atoms with Crippen LogP contribution in [0.1, 0.15) is 25.0 Å². The number of benzene rings is 1. The Hall–Kier alpha value is -0.610. The number of ether oxygens (including phenoxy) is 1. The largest absolute Gasteiger partial charge is 0.387 e. The summed E-state index contributed by atoms with van der Waals surface area (Å²) in [4.78, 5) is 0. The van der Waals surface area contributed by atoms with Crippen LogP contribution in [0.3, 0.4) is 0 Å². The van der Waals surface area contributed by atoms with Gasteiger partial charge in [-0.3, -0.25) is 0 Å². The molecule has 0 amide bonds. The minimum absolute atomic E-state index is 0.487. The van der Waals surface area contributed by atoms with Gasteiger partial charge in [0, 0.05) is 24.8 Å². The van der Waals surface area contributed by atoms with Gasteiger partial charge in [0.25, 0.3) is 0 Å². The highest BCUT2D eigenvalue weighted by Gasteiger charge is 2.05. The average Bonchev–Trinajstić information content (AvgIpc) is 2.34. The smallest absolute Gasteiger partial charge is 0.0914 e. The Morgan fingerprint density at radius 2 is 2.06 bits per heavy atom. The monoisotopic (exact) mass is 257 g/mol. The van der Waals surface area contributed by atoms with Crippen molar-refractivity contribution in [2.75, 3.05) is 26.3 Å². The van der Waals surface area contributed by atoms with Crippen LogP contribution in [-0.4, -0.2) is 31.4 Å². The average molecular weight is 258 g/mol. The fraction of sp³-hybridized carbons (Fsp3) is 0.538. The van der Waals surface area contributed by atoms with E-state index in [1.54, 1.807) is 12.1 Å². The van der Waals surface area contributed by atoms with Crippen molar-refractivity contribution in [3.63, 3.8) is 0 Å². The second kappa shape index (κ2) is 8.48. The number of hydrogen-bond donors (Lipinski definition) is 2. The van der Waals surface area contributed by atoms with Gasteiger partial charge in [0.05, 0.1) is 6.10 Å². The van der Waals surface area contributed by atoms with Gasteiger partial charge in [0.15, 0.2) is 0 Å². The summed E-state index contributed by atoms with van der Waals surface area (Å²) in [5.41, 5.74) is 0.881. The molecule has 0 bridgehead atoms. The normalized spacial score (nSPS) is 12.6. The second-order valence-corrected chi connectivity index (χ2v) is 4.26. The van der Waals surface area contributed by atoms with Gasteiger partial charge in [-0.25, -0.2) is 0 Å².